The molecule has 0 radical (unpaired) electrons. The maximum Gasteiger partial charge on any atom is 0.303 e. The average molecular weight is 459 g/mol. The molecule has 3 aromatic rings. The third kappa shape index (κ3) is 4.87. The number of nitriles is 1. The zero-order chi connectivity index (χ0) is 24.3. The van der Waals surface area contributed by atoms with Crippen LogP contribution in [-0.2, 0) is 27.5 Å². The molecule has 0 unspecified atom stereocenters. The molecule has 1 aromatic heterocycles. The summed E-state index contributed by atoms with van der Waals surface area (Å²) in [5.41, 5.74) is 1.64. The molecule has 34 heavy (non-hydrogen) atoms. The van der Waals surface area contributed by atoms with Gasteiger partial charge in [-0.15, -0.1) is 0 Å². The molecule has 0 fully saturated rings. The van der Waals surface area contributed by atoms with Crippen molar-refractivity contribution in [2.24, 2.45) is 0 Å². The van der Waals surface area contributed by atoms with Crippen molar-refractivity contribution < 1.29 is 19.0 Å². The number of pyridine rings is 1. The van der Waals surface area contributed by atoms with Gasteiger partial charge in [0.2, 0.25) is 0 Å². The lowest BCUT2D eigenvalue weighted by Crippen LogP contribution is -2.54. The number of rotatable bonds is 6. The summed E-state index contributed by atoms with van der Waals surface area (Å²) in [5, 5.41) is 9.41. The van der Waals surface area contributed by atoms with E-state index < -0.39 is 23.7 Å². The van der Waals surface area contributed by atoms with Gasteiger partial charge in [0.1, 0.15) is 17.4 Å². The fourth-order valence-electron chi connectivity index (χ4n) is 4.22. The predicted octanol–water partition coefficient (Wildman–Crippen LogP) is 4.13. The standard InChI is InChI=1S/C27H26N2O5/c1-18(30)33-26-25(22-13-20(15-28)9-10-23(22)34-27(26,2)3)29-12-11-21(14-24(29)31)17-32-16-19-7-5-4-6-8-19/h4-14,25-26H,16-17H2,1-3H3/t25-,26+/m0/s1. The molecule has 7 heteroatoms. The molecule has 0 saturated carbocycles. The first-order valence-corrected chi connectivity index (χ1v) is 11.0. The van der Waals surface area contributed by atoms with Crippen LogP contribution in [0.5, 0.6) is 5.75 Å². The normalized spacial score (nSPS) is 18.3. The van der Waals surface area contributed by atoms with E-state index in [1.165, 1.54) is 17.6 Å². The van der Waals surface area contributed by atoms with Gasteiger partial charge >= 0.3 is 5.97 Å². The van der Waals surface area contributed by atoms with Crippen LogP contribution in [0.3, 0.4) is 0 Å². The second kappa shape index (κ2) is 9.54. The van der Waals surface area contributed by atoms with Crippen LogP contribution in [-0.4, -0.2) is 22.2 Å². The van der Waals surface area contributed by atoms with Crippen LogP contribution < -0.4 is 10.3 Å². The minimum atomic E-state index is -0.908. The number of aromatic nitrogens is 1. The number of hydrogen-bond acceptors (Lipinski definition) is 6. The van der Waals surface area contributed by atoms with E-state index in [2.05, 4.69) is 6.07 Å². The minimum Gasteiger partial charge on any atom is -0.484 e. The molecular formula is C27H26N2O5. The lowest BCUT2D eigenvalue weighted by molar-refractivity contribution is -0.163. The molecule has 1 aliphatic heterocycles. The fourth-order valence-corrected chi connectivity index (χ4v) is 4.22. The number of hydrogen-bond donors (Lipinski definition) is 0. The average Bonchev–Trinajstić information content (AvgIpc) is 2.80. The summed E-state index contributed by atoms with van der Waals surface area (Å²) < 4.78 is 19.1. The van der Waals surface area contributed by atoms with E-state index in [0.717, 1.165) is 11.1 Å². The zero-order valence-electron chi connectivity index (χ0n) is 19.4. The first kappa shape index (κ1) is 23.3. The quantitative estimate of drug-likeness (QED) is 0.516. The topological polar surface area (TPSA) is 90.5 Å². The smallest absolute Gasteiger partial charge is 0.303 e. The first-order valence-electron chi connectivity index (χ1n) is 11.0. The third-order valence-electron chi connectivity index (χ3n) is 5.79. The van der Waals surface area contributed by atoms with Crippen LogP contribution in [0.2, 0.25) is 0 Å². The number of nitrogens with zero attached hydrogens (tertiary/aromatic N) is 2. The second-order valence-electron chi connectivity index (χ2n) is 8.80. The molecule has 0 aliphatic carbocycles. The number of fused-ring (bicyclic) bond motifs is 1. The van der Waals surface area contributed by atoms with Crippen molar-refractivity contribution in [3.05, 3.63) is 99.5 Å². The number of benzene rings is 2. The molecule has 0 saturated heterocycles. The molecule has 2 heterocycles. The maximum absolute atomic E-state index is 13.2. The molecule has 2 aromatic carbocycles. The SMILES string of the molecule is CC(=O)O[C@@H]1[C@@H](n2ccc(COCc3ccccc3)cc2=O)c2cc(C#N)ccc2OC1(C)C. The highest BCUT2D eigenvalue weighted by Gasteiger charge is 2.47. The summed E-state index contributed by atoms with van der Waals surface area (Å²) >= 11 is 0. The Morgan fingerprint density at radius 3 is 2.50 bits per heavy atom. The van der Waals surface area contributed by atoms with E-state index in [0.29, 0.717) is 23.5 Å². The van der Waals surface area contributed by atoms with Gasteiger partial charge in [-0.25, -0.2) is 0 Å². The van der Waals surface area contributed by atoms with Gasteiger partial charge in [-0.1, -0.05) is 30.3 Å². The fraction of sp³-hybridized carbons (Fsp3) is 0.296. The number of esters is 1. The van der Waals surface area contributed by atoms with Gasteiger partial charge in [-0.2, -0.15) is 5.26 Å². The van der Waals surface area contributed by atoms with Crippen LogP contribution >= 0.6 is 0 Å². The molecule has 2 atom stereocenters. The van der Waals surface area contributed by atoms with Crippen molar-refractivity contribution in [2.45, 2.75) is 51.7 Å². The Balaban J connectivity index is 1.68. The highest BCUT2D eigenvalue weighted by atomic mass is 16.6. The van der Waals surface area contributed by atoms with E-state index in [9.17, 15) is 14.9 Å². The van der Waals surface area contributed by atoms with Crippen LogP contribution in [0.25, 0.3) is 0 Å². The van der Waals surface area contributed by atoms with Crippen molar-refractivity contribution in [2.75, 3.05) is 0 Å². The Hall–Kier alpha value is -3.89. The molecule has 7 nitrogen and oxygen atoms in total. The van der Waals surface area contributed by atoms with E-state index >= 15 is 0 Å². The molecule has 0 bridgehead atoms. The molecule has 0 amide bonds. The van der Waals surface area contributed by atoms with E-state index in [1.807, 2.05) is 50.2 Å². The van der Waals surface area contributed by atoms with Gasteiger partial charge in [0.15, 0.2) is 6.10 Å². The van der Waals surface area contributed by atoms with E-state index in [-0.39, 0.29) is 12.2 Å². The summed E-state index contributed by atoms with van der Waals surface area (Å²) in [6, 6.07) is 19.6. The molecule has 0 spiro atoms. The predicted molar refractivity (Wildman–Crippen MR) is 125 cm³/mol. The molecule has 1 aliphatic rings. The summed E-state index contributed by atoms with van der Waals surface area (Å²) in [6.45, 7) is 5.67. The number of carbonyl (C=O) groups is 1. The Labute approximate surface area is 198 Å². The van der Waals surface area contributed by atoms with Crippen LogP contribution in [0, 0.1) is 11.3 Å². The first-order chi connectivity index (χ1) is 16.3. The summed E-state index contributed by atoms with van der Waals surface area (Å²) in [6.07, 6.45) is 0.888. The highest BCUT2D eigenvalue weighted by Crippen LogP contribution is 2.43. The van der Waals surface area contributed by atoms with Crippen molar-refractivity contribution in [1.29, 1.82) is 5.26 Å². The van der Waals surface area contributed by atoms with Crippen LogP contribution in [0.4, 0.5) is 0 Å². The van der Waals surface area contributed by atoms with E-state index in [1.54, 1.807) is 24.4 Å². The van der Waals surface area contributed by atoms with Crippen molar-refractivity contribution in [3.8, 4) is 11.8 Å². The van der Waals surface area contributed by atoms with Crippen molar-refractivity contribution in [3.63, 3.8) is 0 Å². The van der Waals surface area contributed by atoms with Gasteiger partial charge in [-0.05, 0) is 49.2 Å². The Morgan fingerprint density at radius 2 is 1.82 bits per heavy atom. The number of carbonyl (C=O) groups excluding carboxylic acids is 1. The summed E-state index contributed by atoms with van der Waals surface area (Å²) in [5.74, 6) is 0.0603. The van der Waals surface area contributed by atoms with Gasteiger partial charge in [0.05, 0.1) is 24.8 Å². The highest BCUT2D eigenvalue weighted by molar-refractivity contribution is 5.66. The number of ether oxygens (including phenoxy) is 3. The molecule has 174 valence electrons. The summed E-state index contributed by atoms with van der Waals surface area (Å²) in [4.78, 5) is 25.2. The van der Waals surface area contributed by atoms with Crippen LogP contribution in [0.15, 0.2) is 71.7 Å². The maximum atomic E-state index is 13.2. The van der Waals surface area contributed by atoms with Gasteiger partial charge in [0.25, 0.3) is 5.56 Å². The van der Waals surface area contributed by atoms with Gasteiger partial charge in [-0.3, -0.25) is 9.59 Å². The Morgan fingerprint density at radius 1 is 1.09 bits per heavy atom. The zero-order valence-corrected chi connectivity index (χ0v) is 19.4. The summed E-state index contributed by atoms with van der Waals surface area (Å²) in [7, 11) is 0. The van der Waals surface area contributed by atoms with Crippen molar-refractivity contribution >= 4 is 5.97 Å². The van der Waals surface area contributed by atoms with Crippen LogP contribution in [0.1, 0.15) is 49.1 Å². The molecular weight excluding hydrogens is 432 g/mol. The molecule has 0 N–H and O–H groups in total. The molecule has 4 rings (SSSR count). The third-order valence-corrected chi connectivity index (χ3v) is 5.79. The largest absolute Gasteiger partial charge is 0.484 e. The lowest BCUT2D eigenvalue weighted by Gasteiger charge is -2.44. The Kier molecular flexibility index (Phi) is 6.53. The van der Waals surface area contributed by atoms with Crippen molar-refractivity contribution in [1.82, 2.24) is 4.57 Å². The lowest BCUT2D eigenvalue weighted by atomic mass is 9.85. The monoisotopic (exact) mass is 458 g/mol. The van der Waals surface area contributed by atoms with Gasteiger partial charge < -0.3 is 18.8 Å². The van der Waals surface area contributed by atoms with Gasteiger partial charge in [0, 0.05) is 24.8 Å². The Bertz CT molecular complexity index is 1290. The minimum absolute atomic E-state index is 0.269. The second-order valence-corrected chi connectivity index (χ2v) is 8.80. The van der Waals surface area contributed by atoms with E-state index in [4.69, 9.17) is 14.2 Å².